The molecule has 2 rings (SSSR count). The number of rotatable bonds is 24. The number of carbonyl (C=O) groups excluding carboxylic acids is 5. The molecular formula is C37H53N7O12. The van der Waals surface area contributed by atoms with E-state index in [1.165, 1.54) is 31.2 Å². The van der Waals surface area contributed by atoms with Crippen molar-refractivity contribution in [2.75, 3.05) is 6.54 Å². The van der Waals surface area contributed by atoms with Gasteiger partial charge >= 0.3 is 11.9 Å². The van der Waals surface area contributed by atoms with Gasteiger partial charge < -0.3 is 63.6 Å². The molecule has 0 bridgehead atoms. The molecule has 0 aliphatic rings. The van der Waals surface area contributed by atoms with Crippen molar-refractivity contribution in [3.05, 3.63) is 65.7 Å². The van der Waals surface area contributed by atoms with E-state index in [0.717, 1.165) is 12.5 Å². The van der Waals surface area contributed by atoms with Crippen LogP contribution in [0.3, 0.4) is 0 Å². The van der Waals surface area contributed by atoms with Crippen LogP contribution in [-0.2, 0) is 46.4 Å². The second-order valence-electron chi connectivity index (χ2n) is 13.4. The fourth-order valence-electron chi connectivity index (χ4n) is 5.45. The molecule has 0 aliphatic carbocycles. The zero-order chi connectivity index (χ0) is 41.9. The molecule has 0 saturated carbocycles. The lowest BCUT2D eigenvalue weighted by Gasteiger charge is -2.28. The summed E-state index contributed by atoms with van der Waals surface area (Å²) >= 11 is 0. The quantitative estimate of drug-likeness (QED) is 0.0501. The highest BCUT2D eigenvalue weighted by atomic mass is 16.4. The molecule has 308 valence electrons. The summed E-state index contributed by atoms with van der Waals surface area (Å²) in [6.07, 6.45) is -3.59. The van der Waals surface area contributed by atoms with Crippen LogP contribution >= 0.6 is 0 Å². The van der Waals surface area contributed by atoms with Gasteiger partial charge in [-0.05, 0) is 75.8 Å². The normalized spacial score (nSPS) is 15.3. The minimum Gasteiger partial charge on any atom is -0.508 e. The minimum absolute atomic E-state index is 0.0456. The average Bonchev–Trinajstić information content (AvgIpc) is 3.14. The molecular weight excluding hydrogens is 734 g/mol. The van der Waals surface area contributed by atoms with Crippen LogP contribution in [0, 0.1) is 0 Å². The fraction of sp³-hybridized carbons (Fsp3) is 0.486. The van der Waals surface area contributed by atoms with Gasteiger partial charge in [0.2, 0.25) is 29.5 Å². The van der Waals surface area contributed by atoms with Crippen molar-refractivity contribution in [3.8, 4) is 5.75 Å². The van der Waals surface area contributed by atoms with Crippen molar-refractivity contribution in [1.82, 2.24) is 26.6 Å². The van der Waals surface area contributed by atoms with Crippen LogP contribution in [0.4, 0.5) is 0 Å². The molecule has 56 heavy (non-hydrogen) atoms. The summed E-state index contributed by atoms with van der Waals surface area (Å²) in [4.78, 5) is 90.3. The predicted molar refractivity (Wildman–Crippen MR) is 200 cm³/mol. The van der Waals surface area contributed by atoms with E-state index in [1.54, 1.807) is 30.3 Å². The molecule has 0 heterocycles. The minimum atomic E-state index is -1.76. The molecule has 0 aromatic heterocycles. The second kappa shape index (κ2) is 23.3. The van der Waals surface area contributed by atoms with E-state index < -0.39 is 103 Å². The van der Waals surface area contributed by atoms with Crippen molar-refractivity contribution >= 4 is 41.5 Å². The van der Waals surface area contributed by atoms with Gasteiger partial charge in [-0.2, -0.15) is 0 Å². The number of phenolic OH excluding ortho intramolecular Hbond substituents is 1. The van der Waals surface area contributed by atoms with Crippen LogP contribution in [0.15, 0.2) is 54.6 Å². The van der Waals surface area contributed by atoms with Gasteiger partial charge in [-0.3, -0.25) is 28.8 Å². The average molecular weight is 788 g/mol. The SMILES string of the molecule is C[C@@H](O)[C@H](NC(=O)[C@H](CCCCN)NC(=O)[C@H](CCC(=O)O)NC(=O)[C@@H](NC(=O)[C@H](Cc1ccc(O)cc1)NC(=O)[C@@H](N)Cc1ccccc1)[C@@H](C)O)C(=O)O. The largest absolute Gasteiger partial charge is 0.508 e. The van der Waals surface area contributed by atoms with Crippen molar-refractivity contribution in [2.45, 2.75) is 107 Å². The summed E-state index contributed by atoms with van der Waals surface area (Å²) in [6, 6.07) is 5.65. The number of aromatic hydroxyl groups is 1. The number of amides is 5. The van der Waals surface area contributed by atoms with E-state index in [-0.39, 0.29) is 31.6 Å². The summed E-state index contributed by atoms with van der Waals surface area (Å²) in [7, 11) is 0. The molecule has 0 spiro atoms. The predicted octanol–water partition coefficient (Wildman–Crippen LogP) is -2.23. The molecule has 19 nitrogen and oxygen atoms in total. The van der Waals surface area contributed by atoms with E-state index in [0.29, 0.717) is 18.4 Å². The number of hydrogen-bond donors (Lipinski definition) is 12. The fourth-order valence-corrected chi connectivity index (χ4v) is 5.45. The summed E-state index contributed by atoms with van der Waals surface area (Å²) in [6.45, 7) is 2.54. The van der Waals surface area contributed by atoms with Gasteiger partial charge in [-0.15, -0.1) is 0 Å². The van der Waals surface area contributed by atoms with Crippen molar-refractivity contribution in [2.24, 2.45) is 11.5 Å². The number of nitrogens with one attached hydrogen (secondary N) is 5. The molecule has 0 radical (unpaired) electrons. The van der Waals surface area contributed by atoms with Gasteiger partial charge in [-0.1, -0.05) is 42.5 Å². The number of hydrogen-bond acceptors (Lipinski definition) is 12. The molecule has 2 aromatic rings. The highest BCUT2D eigenvalue weighted by molar-refractivity contribution is 5.96. The Morgan fingerprint density at radius 2 is 1.11 bits per heavy atom. The summed E-state index contributed by atoms with van der Waals surface area (Å²) in [5.41, 5.74) is 13.0. The number of phenols is 1. The van der Waals surface area contributed by atoms with Crippen LogP contribution in [-0.4, -0.2) is 122 Å². The number of carboxylic acids is 2. The van der Waals surface area contributed by atoms with Crippen molar-refractivity contribution in [1.29, 1.82) is 0 Å². The topological polar surface area (TPSA) is 333 Å². The number of aliphatic carboxylic acids is 2. The zero-order valence-electron chi connectivity index (χ0n) is 31.2. The van der Waals surface area contributed by atoms with Crippen molar-refractivity contribution < 1.29 is 59.1 Å². The monoisotopic (exact) mass is 787 g/mol. The van der Waals surface area contributed by atoms with Gasteiger partial charge in [0, 0.05) is 12.8 Å². The molecule has 0 aliphatic heterocycles. The summed E-state index contributed by atoms with van der Waals surface area (Å²) in [5.74, 6) is -7.73. The van der Waals surface area contributed by atoms with Gasteiger partial charge in [0.1, 0.15) is 29.9 Å². The third-order valence-electron chi connectivity index (χ3n) is 8.61. The molecule has 0 unspecified atom stereocenters. The van der Waals surface area contributed by atoms with E-state index in [9.17, 15) is 59.1 Å². The van der Waals surface area contributed by atoms with E-state index >= 15 is 0 Å². The first-order valence-electron chi connectivity index (χ1n) is 18.0. The second-order valence-corrected chi connectivity index (χ2v) is 13.4. The number of aliphatic hydroxyl groups is 2. The van der Waals surface area contributed by atoms with Crippen LogP contribution < -0.4 is 38.1 Å². The highest BCUT2D eigenvalue weighted by Crippen LogP contribution is 2.13. The van der Waals surface area contributed by atoms with E-state index in [2.05, 4.69) is 26.6 Å². The Labute approximate surface area is 323 Å². The Hall–Kier alpha value is -5.63. The molecule has 5 amide bonds. The molecule has 19 heteroatoms. The lowest BCUT2D eigenvalue weighted by molar-refractivity contribution is -0.145. The maximum Gasteiger partial charge on any atom is 0.328 e. The molecule has 0 fully saturated rings. The number of carboxylic acid groups (broad SMARTS) is 2. The Morgan fingerprint density at radius 3 is 1.66 bits per heavy atom. The van der Waals surface area contributed by atoms with Gasteiger partial charge in [0.05, 0.1) is 18.2 Å². The molecule has 0 saturated heterocycles. The van der Waals surface area contributed by atoms with Gasteiger partial charge in [0.25, 0.3) is 0 Å². The number of benzene rings is 2. The zero-order valence-corrected chi connectivity index (χ0v) is 31.2. The number of unbranched alkanes of at least 4 members (excludes halogenated alkanes) is 1. The lowest BCUT2D eigenvalue weighted by Crippen LogP contribution is -2.61. The molecule has 2 aromatic carbocycles. The number of carbonyl (C=O) groups is 7. The summed E-state index contributed by atoms with van der Waals surface area (Å²) < 4.78 is 0. The lowest BCUT2D eigenvalue weighted by atomic mass is 10.0. The van der Waals surface area contributed by atoms with Crippen LogP contribution in [0.5, 0.6) is 5.75 Å². The smallest absolute Gasteiger partial charge is 0.328 e. The third kappa shape index (κ3) is 16.0. The number of aliphatic hydroxyl groups excluding tert-OH is 2. The Bertz CT molecular complexity index is 1630. The van der Waals surface area contributed by atoms with Crippen LogP contribution in [0.25, 0.3) is 0 Å². The first-order valence-corrected chi connectivity index (χ1v) is 18.0. The van der Waals surface area contributed by atoms with Gasteiger partial charge in [-0.25, -0.2) is 4.79 Å². The van der Waals surface area contributed by atoms with Crippen LogP contribution in [0.2, 0.25) is 0 Å². The Kier molecular flexibility index (Phi) is 19.4. The molecule has 8 atom stereocenters. The Balaban J connectivity index is 2.32. The Morgan fingerprint density at radius 1 is 0.607 bits per heavy atom. The van der Waals surface area contributed by atoms with E-state index in [4.69, 9.17) is 11.5 Å². The van der Waals surface area contributed by atoms with E-state index in [1.807, 2.05) is 0 Å². The first-order chi connectivity index (χ1) is 26.4. The highest BCUT2D eigenvalue weighted by Gasteiger charge is 2.35. The van der Waals surface area contributed by atoms with Crippen LogP contribution in [0.1, 0.15) is 57.1 Å². The number of nitrogens with two attached hydrogens (primary N) is 2. The van der Waals surface area contributed by atoms with Crippen molar-refractivity contribution in [3.63, 3.8) is 0 Å². The molecule has 14 N–H and O–H groups in total. The maximum atomic E-state index is 13.7. The summed E-state index contributed by atoms with van der Waals surface area (Å²) in [5, 5.41) is 60.7. The maximum absolute atomic E-state index is 13.7. The van der Waals surface area contributed by atoms with Gasteiger partial charge in [0.15, 0.2) is 6.04 Å². The first kappa shape index (κ1) is 46.5. The third-order valence-corrected chi connectivity index (χ3v) is 8.61. The standard InChI is InChI=1S/C37H53N7O12/c1-20(45)30(43-35(53)28(19-23-11-13-24(47)14-12-23)42-32(50)25(39)18-22-8-4-3-5-9-22)36(54)41-27(15-16-29(48)49)33(51)40-26(10-6-7-17-38)34(52)44-31(21(2)46)37(55)56/h3-5,8-9,11-14,20-21,25-28,30-31,45-47H,6-7,10,15-19,38-39H2,1-2H3,(H,40,51)(H,41,54)(H,42,50)(H,43,53)(H,44,52)(H,48,49)(H,55,56)/t20-,21-,25+,26+,27+,28+,30+,31+/m1/s1.